The van der Waals surface area contributed by atoms with Gasteiger partial charge in [-0.2, -0.15) is 0 Å². The average molecular weight is 382 g/mol. The Morgan fingerprint density at radius 3 is 2.78 bits per heavy atom. The van der Waals surface area contributed by atoms with Gasteiger partial charge in [0, 0.05) is 44.5 Å². The van der Waals surface area contributed by atoms with Gasteiger partial charge in [0.2, 0.25) is 0 Å². The van der Waals surface area contributed by atoms with Crippen LogP contribution in [0.4, 0.5) is 0 Å². The third-order valence-corrected chi connectivity index (χ3v) is 5.44. The zero-order chi connectivity index (χ0) is 18.5. The molecular weight excluding hydrogens is 358 g/mol. The fraction of sp³-hybridized carbons (Fsp3) is 0.318. The molecule has 0 N–H and O–H groups in total. The molecule has 27 heavy (non-hydrogen) atoms. The highest BCUT2D eigenvalue weighted by atomic mass is 35.5. The van der Waals surface area contributed by atoms with Crippen molar-refractivity contribution in [1.29, 1.82) is 0 Å². The number of ether oxygens (including phenoxy) is 1. The summed E-state index contributed by atoms with van der Waals surface area (Å²) in [5.74, 6) is 0.890. The number of halogens is 1. The fourth-order valence-corrected chi connectivity index (χ4v) is 3.78. The molecule has 4 nitrogen and oxygen atoms in total. The first-order valence-corrected chi connectivity index (χ1v) is 9.85. The molecule has 0 radical (unpaired) electrons. The normalized spacial score (nSPS) is 17.4. The van der Waals surface area contributed by atoms with Crippen molar-refractivity contribution in [2.24, 2.45) is 0 Å². The van der Waals surface area contributed by atoms with Crippen molar-refractivity contribution in [3.05, 3.63) is 77.4 Å². The van der Waals surface area contributed by atoms with Gasteiger partial charge in [-0.1, -0.05) is 41.9 Å². The minimum atomic E-state index is 0.669. The fourth-order valence-electron chi connectivity index (χ4n) is 3.59. The maximum atomic E-state index is 6.42. The molecule has 2 aromatic rings. The van der Waals surface area contributed by atoms with Crippen molar-refractivity contribution >= 4 is 17.2 Å². The predicted octanol–water partition coefficient (Wildman–Crippen LogP) is 4.49. The lowest BCUT2D eigenvalue weighted by atomic mass is 10.0. The Bertz CT molecular complexity index is 834. The molecule has 140 valence electrons. The van der Waals surface area contributed by atoms with E-state index in [0.717, 1.165) is 57.0 Å². The second kappa shape index (κ2) is 8.59. The molecule has 1 aromatic heterocycles. The minimum absolute atomic E-state index is 0.669. The van der Waals surface area contributed by atoms with Crippen LogP contribution in [-0.4, -0.2) is 41.0 Å². The van der Waals surface area contributed by atoms with Gasteiger partial charge in [0.15, 0.2) is 0 Å². The highest BCUT2D eigenvalue weighted by Gasteiger charge is 2.17. The summed E-state index contributed by atoms with van der Waals surface area (Å²) in [6, 6.07) is 14.2. The molecule has 1 aromatic carbocycles. The molecule has 0 amide bonds. The lowest BCUT2D eigenvalue weighted by Crippen LogP contribution is -2.32. The van der Waals surface area contributed by atoms with Crippen LogP contribution >= 0.6 is 11.6 Å². The molecule has 0 aliphatic carbocycles. The molecule has 2 aliphatic rings. The molecular formula is C22H24ClN3O. The molecule has 0 spiro atoms. The molecule has 0 bridgehead atoms. The van der Waals surface area contributed by atoms with E-state index in [-0.39, 0.29) is 0 Å². The number of hydrogen-bond donors (Lipinski definition) is 0. The van der Waals surface area contributed by atoms with Gasteiger partial charge in [-0.3, -0.25) is 9.88 Å². The summed E-state index contributed by atoms with van der Waals surface area (Å²) < 4.78 is 5.68. The Hall–Kier alpha value is -2.30. The molecule has 0 fully saturated rings. The SMILES string of the molecule is ClC1=COc2ccccc2CN1CCCN1CC=C(c2ccccn2)CC1. The number of fused-ring (bicyclic) bond motifs is 1. The van der Waals surface area contributed by atoms with Crippen LogP contribution in [0.2, 0.25) is 0 Å². The van der Waals surface area contributed by atoms with E-state index in [1.807, 2.05) is 30.5 Å². The van der Waals surface area contributed by atoms with Gasteiger partial charge < -0.3 is 9.64 Å². The van der Waals surface area contributed by atoms with Crippen LogP contribution in [0.3, 0.4) is 0 Å². The standard InChI is InChI=1S/C22H24ClN3O/c23-22-17-27-21-8-2-1-6-19(21)16-26(22)13-5-12-25-14-9-18(10-15-25)20-7-3-4-11-24-20/h1-4,6-9,11,17H,5,10,12-16H2. The zero-order valence-corrected chi connectivity index (χ0v) is 16.1. The summed E-state index contributed by atoms with van der Waals surface area (Å²) in [4.78, 5) is 9.14. The quantitative estimate of drug-likeness (QED) is 0.713. The lowest BCUT2D eigenvalue weighted by Gasteiger charge is -2.28. The monoisotopic (exact) mass is 381 g/mol. The van der Waals surface area contributed by atoms with Crippen molar-refractivity contribution in [2.45, 2.75) is 19.4 Å². The summed E-state index contributed by atoms with van der Waals surface area (Å²) in [6.07, 6.45) is 7.95. The van der Waals surface area contributed by atoms with Crippen molar-refractivity contribution in [3.8, 4) is 5.75 Å². The number of hydrogen-bond acceptors (Lipinski definition) is 4. The maximum Gasteiger partial charge on any atom is 0.140 e. The third-order valence-electron chi connectivity index (χ3n) is 5.11. The van der Waals surface area contributed by atoms with E-state index in [2.05, 4.69) is 39.1 Å². The zero-order valence-electron chi connectivity index (χ0n) is 15.4. The Morgan fingerprint density at radius 2 is 1.96 bits per heavy atom. The Kier molecular flexibility index (Phi) is 5.75. The molecule has 0 saturated heterocycles. The van der Waals surface area contributed by atoms with Crippen molar-refractivity contribution in [2.75, 3.05) is 26.2 Å². The highest BCUT2D eigenvalue weighted by molar-refractivity contribution is 6.29. The number of benzene rings is 1. The Labute approximate surface area is 165 Å². The van der Waals surface area contributed by atoms with Crippen LogP contribution in [0.5, 0.6) is 5.75 Å². The van der Waals surface area contributed by atoms with Crippen LogP contribution < -0.4 is 4.74 Å². The van der Waals surface area contributed by atoms with Gasteiger partial charge >= 0.3 is 0 Å². The van der Waals surface area contributed by atoms with Gasteiger partial charge in [-0.05, 0) is 36.6 Å². The summed E-state index contributed by atoms with van der Waals surface area (Å²) in [6.45, 7) is 4.84. The topological polar surface area (TPSA) is 28.6 Å². The lowest BCUT2D eigenvalue weighted by molar-refractivity contribution is 0.268. The molecule has 4 rings (SSSR count). The molecule has 5 heteroatoms. The van der Waals surface area contributed by atoms with E-state index >= 15 is 0 Å². The number of pyridine rings is 1. The number of aromatic nitrogens is 1. The van der Waals surface area contributed by atoms with Crippen molar-refractivity contribution < 1.29 is 4.74 Å². The largest absolute Gasteiger partial charge is 0.462 e. The second-order valence-corrected chi connectivity index (χ2v) is 7.32. The predicted molar refractivity (Wildman–Crippen MR) is 109 cm³/mol. The van der Waals surface area contributed by atoms with Crippen LogP contribution in [0.25, 0.3) is 5.57 Å². The Morgan fingerprint density at radius 1 is 1.07 bits per heavy atom. The first-order chi connectivity index (χ1) is 13.3. The summed E-state index contributed by atoms with van der Waals surface area (Å²) >= 11 is 6.42. The summed E-state index contributed by atoms with van der Waals surface area (Å²) in [5.41, 5.74) is 3.64. The summed E-state index contributed by atoms with van der Waals surface area (Å²) in [7, 11) is 0. The van der Waals surface area contributed by atoms with Gasteiger partial charge in [0.25, 0.3) is 0 Å². The van der Waals surface area contributed by atoms with E-state index in [4.69, 9.17) is 16.3 Å². The molecule has 0 atom stereocenters. The molecule has 2 aliphatic heterocycles. The summed E-state index contributed by atoms with van der Waals surface area (Å²) in [5, 5.41) is 0.669. The van der Waals surface area contributed by atoms with E-state index in [1.165, 1.54) is 11.1 Å². The third kappa shape index (κ3) is 4.52. The van der Waals surface area contributed by atoms with E-state index in [9.17, 15) is 0 Å². The maximum absolute atomic E-state index is 6.42. The average Bonchev–Trinajstić information content (AvgIpc) is 2.88. The van der Waals surface area contributed by atoms with Gasteiger partial charge in [-0.15, -0.1) is 0 Å². The smallest absolute Gasteiger partial charge is 0.140 e. The van der Waals surface area contributed by atoms with E-state index < -0.39 is 0 Å². The van der Waals surface area contributed by atoms with Crippen molar-refractivity contribution in [3.63, 3.8) is 0 Å². The van der Waals surface area contributed by atoms with E-state index in [0.29, 0.717) is 5.16 Å². The minimum Gasteiger partial charge on any atom is -0.462 e. The number of nitrogens with zero attached hydrogens (tertiary/aromatic N) is 3. The number of para-hydroxylation sites is 1. The van der Waals surface area contributed by atoms with Crippen LogP contribution in [0, 0.1) is 0 Å². The second-order valence-electron chi connectivity index (χ2n) is 6.94. The van der Waals surface area contributed by atoms with Crippen molar-refractivity contribution in [1.82, 2.24) is 14.8 Å². The first-order valence-electron chi connectivity index (χ1n) is 9.47. The van der Waals surface area contributed by atoms with Crippen LogP contribution in [0.1, 0.15) is 24.1 Å². The van der Waals surface area contributed by atoms with Crippen LogP contribution in [-0.2, 0) is 6.54 Å². The van der Waals surface area contributed by atoms with E-state index in [1.54, 1.807) is 6.26 Å². The van der Waals surface area contributed by atoms with Gasteiger partial charge in [-0.25, -0.2) is 0 Å². The molecule has 3 heterocycles. The Balaban J connectivity index is 1.28. The highest BCUT2D eigenvalue weighted by Crippen LogP contribution is 2.27. The van der Waals surface area contributed by atoms with Gasteiger partial charge in [0.1, 0.15) is 17.2 Å². The molecule has 0 saturated carbocycles. The molecule has 0 unspecified atom stereocenters. The first kappa shape index (κ1) is 18.1. The van der Waals surface area contributed by atoms with Crippen LogP contribution in [0.15, 0.2) is 66.2 Å². The number of rotatable bonds is 5. The van der Waals surface area contributed by atoms with Gasteiger partial charge in [0.05, 0.1) is 5.69 Å².